The summed E-state index contributed by atoms with van der Waals surface area (Å²) < 4.78 is 11.2. The van der Waals surface area contributed by atoms with Crippen LogP contribution in [-0.2, 0) is 25.6 Å². The summed E-state index contributed by atoms with van der Waals surface area (Å²) >= 11 is 0. The predicted octanol–water partition coefficient (Wildman–Crippen LogP) is 5.44. The summed E-state index contributed by atoms with van der Waals surface area (Å²) in [6.45, 7) is 7.14. The Labute approximate surface area is 230 Å². The largest absolute Gasteiger partial charge is 0.465 e. The van der Waals surface area contributed by atoms with Crippen LogP contribution in [-0.4, -0.2) is 54.3 Å². The maximum absolute atomic E-state index is 13.6. The highest BCUT2D eigenvalue weighted by molar-refractivity contribution is 6.07. The van der Waals surface area contributed by atoms with Gasteiger partial charge in [0.15, 0.2) is 0 Å². The molecule has 1 aliphatic heterocycles. The van der Waals surface area contributed by atoms with Crippen LogP contribution in [0.2, 0.25) is 0 Å². The van der Waals surface area contributed by atoms with Crippen LogP contribution < -0.4 is 0 Å². The number of allylic oxidation sites excluding steroid dienone is 1. The van der Waals surface area contributed by atoms with Gasteiger partial charge >= 0.3 is 11.9 Å². The van der Waals surface area contributed by atoms with E-state index in [2.05, 4.69) is 27.0 Å². The number of likely N-dealkylation sites (N-methyl/N-ethyl adjacent to an activating group) is 1. The summed E-state index contributed by atoms with van der Waals surface area (Å²) in [5.41, 5.74) is 5.43. The minimum atomic E-state index is -0.735. The van der Waals surface area contributed by atoms with Crippen LogP contribution in [0.5, 0.6) is 0 Å². The molecule has 2 aromatic carbocycles. The van der Waals surface area contributed by atoms with Gasteiger partial charge in [0.25, 0.3) is 0 Å². The standard InChI is InChI=1S/C32H35N3O4/c1-5-38-31(36)28-22(2)34-23(3)29(32(37)39-18-17-35(4)21-24-11-7-6-8-12-24)30(28)26-14-9-13-25(19-26)27-15-10-16-33-20-27/h6-16,19-20,28,30H,5,17-18,21H2,1-4H3. The van der Waals surface area contributed by atoms with Crippen molar-refractivity contribution in [2.75, 3.05) is 26.8 Å². The summed E-state index contributed by atoms with van der Waals surface area (Å²) in [5, 5.41) is 0. The fraction of sp³-hybridized carbons (Fsp3) is 0.312. The summed E-state index contributed by atoms with van der Waals surface area (Å²) in [5.74, 6) is -2.20. The van der Waals surface area contributed by atoms with E-state index >= 15 is 0 Å². The normalized spacial score (nSPS) is 17.1. The van der Waals surface area contributed by atoms with Gasteiger partial charge in [-0.2, -0.15) is 0 Å². The zero-order valence-corrected chi connectivity index (χ0v) is 23.0. The van der Waals surface area contributed by atoms with Gasteiger partial charge in [0.2, 0.25) is 0 Å². The van der Waals surface area contributed by atoms with Crippen LogP contribution in [0, 0.1) is 5.92 Å². The molecule has 0 aliphatic carbocycles. The first-order chi connectivity index (χ1) is 18.9. The lowest BCUT2D eigenvalue weighted by Gasteiger charge is -2.32. The molecule has 3 aromatic rings. The predicted molar refractivity (Wildman–Crippen MR) is 152 cm³/mol. The molecule has 0 amide bonds. The first-order valence-corrected chi connectivity index (χ1v) is 13.2. The summed E-state index contributed by atoms with van der Waals surface area (Å²) in [4.78, 5) is 37.7. The molecule has 0 N–H and O–H groups in total. The SMILES string of the molecule is CCOC(=O)C1C(C)=NC(C)=C(C(=O)OCCN(C)Cc2ccccc2)C1c1cccc(-c2cccnc2)c1. The third kappa shape index (κ3) is 6.86. The Morgan fingerprint density at radius 3 is 2.44 bits per heavy atom. The van der Waals surface area contributed by atoms with Crippen LogP contribution in [0.3, 0.4) is 0 Å². The van der Waals surface area contributed by atoms with Crippen molar-refractivity contribution in [1.29, 1.82) is 0 Å². The molecule has 0 spiro atoms. The molecule has 7 heteroatoms. The minimum absolute atomic E-state index is 0.216. The van der Waals surface area contributed by atoms with Crippen LogP contribution in [0.15, 0.2) is 95.4 Å². The van der Waals surface area contributed by atoms with Crippen molar-refractivity contribution >= 4 is 17.7 Å². The number of carbonyl (C=O) groups excluding carboxylic acids is 2. The van der Waals surface area contributed by atoms with Crippen molar-refractivity contribution in [2.45, 2.75) is 33.2 Å². The molecule has 7 nitrogen and oxygen atoms in total. The van der Waals surface area contributed by atoms with E-state index in [4.69, 9.17) is 9.47 Å². The van der Waals surface area contributed by atoms with E-state index in [1.54, 1.807) is 26.2 Å². The molecule has 0 fully saturated rings. The highest BCUT2D eigenvalue weighted by Gasteiger charge is 2.42. The maximum atomic E-state index is 13.6. The lowest BCUT2D eigenvalue weighted by atomic mass is 9.75. The molecule has 0 bridgehead atoms. The quantitative estimate of drug-likeness (QED) is 0.328. The van der Waals surface area contributed by atoms with Gasteiger partial charge in [0, 0.05) is 42.8 Å². The van der Waals surface area contributed by atoms with E-state index in [0.29, 0.717) is 23.5 Å². The molecule has 2 atom stereocenters. The molecule has 1 aliphatic rings. The van der Waals surface area contributed by atoms with Crippen LogP contribution in [0.1, 0.15) is 37.8 Å². The second kappa shape index (κ2) is 13.1. The summed E-state index contributed by atoms with van der Waals surface area (Å²) in [6.07, 6.45) is 3.51. The molecular formula is C32H35N3O4. The van der Waals surface area contributed by atoms with E-state index in [-0.39, 0.29) is 13.2 Å². The Kier molecular flexibility index (Phi) is 9.39. The van der Waals surface area contributed by atoms with Crippen molar-refractivity contribution in [3.8, 4) is 11.1 Å². The van der Waals surface area contributed by atoms with Gasteiger partial charge in [0.05, 0.1) is 12.2 Å². The summed E-state index contributed by atoms with van der Waals surface area (Å²) in [6, 6.07) is 21.8. The summed E-state index contributed by atoms with van der Waals surface area (Å²) in [7, 11) is 1.99. The van der Waals surface area contributed by atoms with Crippen molar-refractivity contribution in [1.82, 2.24) is 9.88 Å². The zero-order valence-electron chi connectivity index (χ0n) is 23.0. The number of carbonyl (C=O) groups is 2. The average Bonchev–Trinajstić information content (AvgIpc) is 2.93. The van der Waals surface area contributed by atoms with Gasteiger partial charge in [-0.1, -0.05) is 60.7 Å². The van der Waals surface area contributed by atoms with Crippen molar-refractivity contribution in [3.05, 3.63) is 102 Å². The van der Waals surface area contributed by atoms with Crippen LogP contribution >= 0.6 is 0 Å². The number of aromatic nitrogens is 1. The number of esters is 2. The van der Waals surface area contributed by atoms with E-state index in [0.717, 1.165) is 23.2 Å². The van der Waals surface area contributed by atoms with Gasteiger partial charge in [-0.15, -0.1) is 0 Å². The van der Waals surface area contributed by atoms with Gasteiger partial charge in [-0.25, -0.2) is 4.79 Å². The monoisotopic (exact) mass is 525 g/mol. The van der Waals surface area contributed by atoms with E-state index < -0.39 is 23.8 Å². The second-order valence-corrected chi connectivity index (χ2v) is 9.69. The van der Waals surface area contributed by atoms with Gasteiger partial charge in [0.1, 0.15) is 12.5 Å². The minimum Gasteiger partial charge on any atom is -0.465 e. The molecular weight excluding hydrogens is 490 g/mol. The number of ether oxygens (including phenoxy) is 2. The number of aliphatic imine (C=N–C) groups is 1. The maximum Gasteiger partial charge on any atom is 0.336 e. The molecule has 0 saturated carbocycles. The highest BCUT2D eigenvalue weighted by atomic mass is 16.5. The molecule has 4 rings (SSSR count). The fourth-order valence-corrected chi connectivity index (χ4v) is 4.99. The van der Waals surface area contributed by atoms with E-state index in [9.17, 15) is 9.59 Å². The topological polar surface area (TPSA) is 81.1 Å². The molecule has 39 heavy (non-hydrogen) atoms. The number of hydrogen-bond acceptors (Lipinski definition) is 7. The van der Waals surface area contributed by atoms with E-state index in [1.165, 1.54) is 5.56 Å². The number of nitrogens with zero attached hydrogens (tertiary/aromatic N) is 3. The number of rotatable bonds is 10. The lowest BCUT2D eigenvalue weighted by Crippen LogP contribution is -2.37. The molecule has 0 saturated heterocycles. The van der Waals surface area contributed by atoms with E-state index in [1.807, 2.05) is 68.6 Å². The highest BCUT2D eigenvalue weighted by Crippen LogP contribution is 2.41. The lowest BCUT2D eigenvalue weighted by molar-refractivity contribution is -0.146. The molecule has 2 unspecified atom stereocenters. The molecule has 1 aromatic heterocycles. The number of hydrogen-bond donors (Lipinski definition) is 0. The average molecular weight is 526 g/mol. The number of pyridine rings is 1. The van der Waals surface area contributed by atoms with Crippen LogP contribution in [0.4, 0.5) is 0 Å². The van der Waals surface area contributed by atoms with Crippen LogP contribution in [0.25, 0.3) is 11.1 Å². The van der Waals surface area contributed by atoms with Gasteiger partial charge in [-0.3, -0.25) is 19.7 Å². The second-order valence-electron chi connectivity index (χ2n) is 9.69. The smallest absolute Gasteiger partial charge is 0.336 e. The third-order valence-electron chi connectivity index (χ3n) is 6.83. The number of benzene rings is 2. The van der Waals surface area contributed by atoms with Gasteiger partial charge in [-0.05, 0) is 56.1 Å². The van der Waals surface area contributed by atoms with Crippen molar-refractivity contribution in [2.24, 2.45) is 10.9 Å². The van der Waals surface area contributed by atoms with Gasteiger partial charge < -0.3 is 9.47 Å². The molecule has 0 radical (unpaired) electrons. The Hall–Kier alpha value is -4.10. The van der Waals surface area contributed by atoms with Crippen molar-refractivity contribution in [3.63, 3.8) is 0 Å². The fourth-order valence-electron chi connectivity index (χ4n) is 4.99. The zero-order chi connectivity index (χ0) is 27.8. The van der Waals surface area contributed by atoms with Crippen molar-refractivity contribution < 1.29 is 19.1 Å². The Bertz CT molecular complexity index is 1350. The molecule has 202 valence electrons. The first-order valence-electron chi connectivity index (χ1n) is 13.2. The Morgan fingerprint density at radius 1 is 0.949 bits per heavy atom. The molecule has 2 heterocycles. The first kappa shape index (κ1) is 27.9. The third-order valence-corrected chi connectivity index (χ3v) is 6.83. The Morgan fingerprint density at radius 2 is 1.72 bits per heavy atom. The Balaban J connectivity index is 1.60.